The third kappa shape index (κ3) is 23.1. The summed E-state index contributed by atoms with van der Waals surface area (Å²) in [5.41, 5.74) is 0. The van der Waals surface area contributed by atoms with Gasteiger partial charge in [0.1, 0.15) is 36.6 Å². The molecule has 0 aromatic rings. The van der Waals surface area contributed by atoms with Crippen molar-refractivity contribution in [3.63, 3.8) is 0 Å². The number of nitrogens with one attached hydrogen (secondary N) is 1. The van der Waals surface area contributed by atoms with Gasteiger partial charge < -0.3 is 46.0 Å². The van der Waals surface area contributed by atoms with Crippen molar-refractivity contribution in [2.24, 2.45) is 0 Å². The minimum Gasteiger partial charge on any atom is -0.393 e. The summed E-state index contributed by atoms with van der Waals surface area (Å²) < 4.78 is 22.7. The van der Waals surface area contributed by atoms with Crippen LogP contribution in [0.2, 0.25) is 0 Å². The van der Waals surface area contributed by atoms with Gasteiger partial charge in [0, 0.05) is 0 Å². The van der Waals surface area contributed by atoms with Crippen LogP contribution in [0, 0.1) is 0 Å². The van der Waals surface area contributed by atoms with Crippen molar-refractivity contribution in [2.75, 3.05) is 6.61 Å². The summed E-state index contributed by atoms with van der Waals surface area (Å²) in [5, 5.41) is 74.0. The fourth-order valence-corrected chi connectivity index (χ4v) is 7.52. The summed E-state index contributed by atoms with van der Waals surface area (Å²) in [7, 11) is -5.14. The molecule has 8 unspecified atom stereocenters. The Hall–Kier alpha value is -1.22. The van der Waals surface area contributed by atoms with Gasteiger partial charge in [-0.25, -0.2) is 4.57 Å². The van der Waals surface area contributed by atoms with Crippen molar-refractivity contribution in [3.8, 4) is 0 Å². The van der Waals surface area contributed by atoms with Gasteiger partial charge in [0.15, 0.2) is 0 Å². The quantitative estimate of drug-likeness (QED) is 0.0224. The number of carbonyl (C=O) groups is 1. The number of hydrogen-bond acceptors (Lipinski definition) is 11. The maximum atomic E-state index is 12.9. The monoisotopic (exact) mass is 794 g/mol. The van der Waals surface area contributed by atoms with Crippen molar-refractivity contribution in [1.29, 1.82) is 0 Å². The Bertz CT molecular complexity index is 1030. The SMILES string of the molecule is CCCCCCCCCCCCC/C=C/CC/C=C/C(O)C(COP(=O)(O)OC1C(O)C(O)C(O)C(O)C1O)NC(=O)CC(O)CCCCCCCCC. The van der Waals surface area contributed by atoms with Gasteiger partial charge >= 0.3 is 7.82 Å². The predicted molar refractivity (Wildman–Crippen MR) is 210 cm³/mol. The van der Waals surface area contributed by atoms with E-state index < -0.39 is 75.2 Å². The van der Waals surface area contributed by atoms with E-state index in [2.05, 4.69) is 31.3 Å². The predicted octanol–water partition coefficient (Wildman–Crippen LogP) is 5.64. The zero-order chi connectivity index (χ0) is 40.2. The van der Waals surface area contributed by atoms with Crippen LogP contribution in [0.5, 0.6) is 0 Å². The van der Waals surface area contributed by atoms with E-state index in [1.165, 1.54) is 83.1 Å². The first-order valence-corrected chi connectivity index (χ1v) is 22.4. The molecule has 0 spiro atoms. The maximum Gasteiger partial charge on any atom is 0.472 e. The molecule has 0 saturated heterocycles. The standard InChI is InChI=1S/C40H76NO12P/c1-3-5-7-9-11-12-13-14-15-16-17-18-19-20-22-24-26-28-33(43)32(41-34(44)29-31(42)27-25-23-21-10-8-6-4-2)30-52-54(50,51)53-40-38(48)36(46)35(45)37(47)39(40)49/h19-20,26,28,31-33,35-40,42-43,45-49H,3-18,21-25,27,29-30H2,1-2H3,(H,41,44)(H,50,51)/b20-19+,28-26+. The molecule has 1 amide bonds. The summed E-state index contributed by atoms with van der Waals surface area (Å²) >= 11 is 0. The molecule has 0 aromatic heterocycles. The second kappa shape index (κ2) is 30.9. The molecule has 0 bridgehead atoms. The molecule has 0 aliphatic heterocycles. The normalized spacial score (nSPS) is 24.9. The summed E-state index contributed by atoms with van der Waals surface area (Å²) in [5.74, 6) is -0.608. The molecule has 9 N–H and O–H groups in total. The van der Waals surface area contributed by atoms with Crippen molar-refractivity contribution < 1.29 is 59.0 Å². The molecular weight excluding hydrogens is 717 g/mol. The van der Waals surface area contributed by atoms with Gasteiger partial charge in [-0.15, -0.1) is 0 Å². The average Bonchev–Trinajstić information content (AvgIpc) is 3.14. The molecular formula is C40H76NO12P. The second-order valence-corrected chi connectivity index (χ2v) is 16.4. The highest BCUT2D eigenvalue weighted by atomic mass is 31.2. The van der Waals surface area contributed by atoms with E-state index in [-0.39, 0.29) is 6.42 Å². The van der Waals surface area contributed by atoms with E-state index in [0.717, 1.165) is 51.4 Å². The van der Waals surface area contributed by atoms with Crippen LogP contribution >= 0.6 is 7.82 Å². The molecule has 14 heteroatoms. The van der Waals surface area contributed by atoms with E-state index in [1.54, 1.807) is 6.08 Å². The Balaban J connectivity index is 2.62. The first kappa shape index (κ1) is 50.8. The van der Waals surface area contributed by atoms with Gasteiger partial charge in [0.05, 0.1) is 31.3 Å². The number of phosphoric acid groups is 1. The Labute approximate surface area is 324 Å². The molecule has 54 heavy (non-hydrogen) atoms. The molecule has 8 atom stereocenters. The largest absolute Gasteiger partial charge is 0.472 e. The number of allylic oxidation sites excluding steroid dienone is 3. The molecule has 1 aliphatic carbocycles. The van der Waals surface area contributed by atoms with E-state index >= 15 is 0 Å². The minimum atomic E-state index is -5.14. The van der Waals surface area contributed by atoms with Crippen LogP contribution in [0.3, 0.4) is 0 Å². The number of phosphoric ester groups is 1. The lowest BCUT2D eigenvalue weighted by Crippen LogP contribution is -2.64. The highest BCUT2D eigenvalue weighted by Gasteiger charge is 2.51. The first-order chi connectivity index (χ1) is 25.8. The highest BCUT2D eigenvalue weighted by Crippen LogP contribution is 2.47. The second-order valence-electron chi connectivity index (χ2n) is 15.0. The van der Waals surface area contributed by atoms with E-state index in [1.807, 2.05) is 0 Å². The zero-order valence-electron chi connectivity index (χ0n) is 33.1. The van der Waals surface area contributed by atoms with Crippen LogP contribution in [0.1, 0.15) is 162 Å². The maximum absolute atomic E-state index is 12.9. The highest BCUT2D eigenvalue weighted by molar-refractivity contribution is 7.47. The fraction of sp³-hybridized carbons (Fsp3) is 0.875. The lowest BCUT2D eigenvalue weighted by molar-refractivity contribution is -0.220. The number of unbranched alkanes of at least 4 members (excludes halogenated alkanes) is 18. The summed E-state index contributed by atoms with van der Waals surface area (Å²) in [6.45, 7) is 3.65. The Kier molecular flexibility index (Phi) is 29.0. The fourth-order valence-electron chi connectivity index (χ4n) is 6.55. The first-order valence-electron chi connectivity index (χ1n) is 20.9. The Morgan fingerprint density at radius 3 is 1.63 bits per heavy atom. The van der Waals surface area contributed by atoms with E-state index in [4.69, 9.17) is 9.05 Å². The lowest BCUT2D eigenvalue weighted by atomic mass is 9.85. The molecule has 318 valence electrons. The third-order valence-electron chi connectivity index (χ3n) is 10.0. The van der Waals surface area contributed by atoms with Crippen molar-refractivity contribution in [3.05, 3.63) is 24.3 Å². The molecule has 1 aliphatic rings. The van der Waals surface area contributed by atoms with Gasteiger partial charge in [-0.1, -0.05) is 147 Å². The number of hydrogen-bond donors (Lipinski definition) is 9. The van der Waals surface area contributed by atoms with Gasteiger partial charge in [0.25, 0.3) is 0 Å². The number of carbonyl (C=O) groups excluding carboxylic acids is 1. The number of amides is 1. The topological polar surface area (TPSA) is 226 Å². The summed E-state index contributed by atoms with van der Waals surface area (Å²) in [6.07, 6.45) is 17.4. The lowest BCUT2D eigenvalue weighted by Gasteiger charge is -2.41. The van der Waals surface area contributed by atoms with Gasteiger partial charge in [-0.3, -0.25) is 13.8 Å². The van der Waals surface area contributed by atoms with Crippen molar-refractivity contribution in [2.45, 2.75) is 216 Å². The molecule has 0 radical (unpaired) electrons. The minimum absolute atomic E-state index is 0.251. The number of rotatable bonds is 33. The van der Waals surface area contributed by atoms with E-state index in [9.17, 15) is 50.0 Å². The van der Waals surface area contributed by atoms with Gasteiger partial charge in [0.2, 0.25) is 5.91 Å². The number of aliphatic hydroxyl groups is 7. The summed E-state index contributed by atoms with van der Waals surface area (Å²) in [4.78, 5) is 23.2. The van der Waals surface area contributed by atoms with Crippen LogP contribution in [0.4, 0.5) is 0 Å². The third-order valence-corrected chi connectivity index (χ3v) is 11.0. The molecule has 0 aromatic carbocycles. The van der Waals surface area contributed by atoms with Crippen LogP contribution < -0.4 is 5.32 Å². The average molecular weight is 794 g/mol. The molecule has 0 heterocycles. The van der Waals surface area contributed by atoms with E-state index in [0.29, 0.717) is 12.8 Å². The summed E-state index contributed by atoms with van der Waals surface area (Å²) in [6, 6.07) is -1.25. The molecule has 1 rings (SSSR count). The Morgan fingerprint density at radius 2 is 1.09 bits per heavy atom. The van der Waals surface area contributed by atoms with Crippen LogP contribution in [-0.2, 0) is 18.4 Å². The van der Waals surface area contributed by atoms with Gasteiger partial charge in [-0.05, 0) is 32.1 Å². The smallest absolute Gasteiger partial charge is 0.393 e. The van der Waals surface area contributed by atoms with Crippen LogP contribution in [0.25, 0.3) is 0 Å². The zero-order valence-corrected chi connectivity index (χ0v) is 34.0. The Morgan fingerprint density at radius 1 is 0.648 bits per heavy atom. The van der Waals surface area contributed by atoms with Crippen LogP contribution in [-0.4, -0.2) is 108 Å². The molecule has 1 fully saturated rings. The number of aliphatic hydroxyl groups excluding tert-OH is 7. The molecule has 1 saturated carbocycles. The van der Waals surface area contributed by atoms with Crippen molar-refractivity contribution in [1.82, 2.24) is 5.32 Å². The van der Waals surface area contributed by atoms with Crippen LogP contribution in [0.15, 0.2) is 24.3 Å². The molecule has 13 nitrogen and oxygen atoms in total. The van der Waals surface area contributed by atoms with Gasteiger partial charge in [-0.2, -0.15) is 0 Å². The van der Waals surface area contributed by atoms with Crippen molar-refractivity contribution >= 4 is 13.7 Å².